The lowest BCUT2D eigenvalue weighted by Crippen LogP contribution is -2.49. The van der Waals surface area contributed by atoms with Crippen molar-refractivity contribution in [3.8, 4) is 0 Å². The van der Waals surface area contributed by atoms with Gasteiger partial charge in [0.15, 0.2) is 0 Å². The first-order chi connectivity index (χ1) is 13.7. The largest absolute Gasteiger partial charge is 0.375 e. The maximum Gasteiger partial charge on any atom is 0.243 e. The Kier molecular flexibility index (Phi) is 8.08. The zero-order valence-electron chi connectivity index (χ0n) is 17.6. The van der Waals surface area contributed by atoms with Gasteiger partial charge in [-0.2, -0.15) is 0 Å². The van der Waals surface area contributed by atoms with Gasteiger partial charge in [0.05, 0.1) is 11.9 Å². The van der Waals surface area contributed by atoms with E-state index in [0.717, 1.165) is 30.5 Å². The first-order valence-electron chi connectivity index (χ1n) is 9.84. The van der Waals surface area contributed by atoms with E-state index in [1.807, 2.05) is 63.4 Å². The van der Waals surface area contributed by atoms with Crippen LogP contribution in [0.25, 0.3) is 0 Å². The molecule has 0 aliphatic carbocycles. The lowest BCUT2D eigenvalue weighted by Gasteiger charge is -2.30. The lowest BCUT2D eigenvalue weighted by molar-refractivity contribution is -0.122. The van der Waals surface area contributed by atoms with Gasteiger partial charge < -0.3 is 10.2 Å². The number of nitrogens with one attached hydrogen (secondary N) is 1. The minimum absolute atomic E-state index is 0.277. The lowest BCUT2D eigenvalue weighted by atomic mass is 10.1. The van der Waals surface area contributed by atoms with Gasteiger partial charge in [0, 0.05) is 25.8 Å². The Morgan fingerprint density at radius 3 is 2.21 bits per heavy atom. The van der Waals surface area contributed by atoms with Crippen LogP contribution in [0, 0.1) is 6.92 Å². The minimum atomic E-state index is -3.60. The standard InChI is InChI=1S/C22H31N3O3S/c1-5-21(25(29(4,27)28)20-14-12-18(2)13-15-20)22(26)23-16-9-17-24(3)19-10-7-6-8-11-19/h6-8,10-15,21H,5,9,16-17H2,1-4H3,(H,23,26). The Hall–Kier alpha value is -2.54. The number of amides is 1. The first-order valence-corrected chi connectivity index (χ1v) is 11.7. The van der Waals surface area contributed by atoms with Crippen LogP contribution >= 0.6 is 0 Å². The summed E-state index contributed by atoms with van der Waals surface area (Å²) >= 11 is 0. The molecule has 1 N–H and O–H groups in total. The highest BCUT2D eigenvalue weighted by Crippen LogP contribution is 2.23. The molecule has 2 rings (SSSR count). The smallest absolute Gasteiger partial charge is 0.243 e. The van der Waals surface area contributed by atoms with E-state index >= 15 is 0 Å². The van der Waals surface area contributed by atoms with Crippen molar-refractivity contribution in [2.45, 2.75) is 32.7 Å². The molecule has 0 fully saturated rings. The molecule has 0 heterocycles. The first kappa shape index (κ1) is 22.7. The van der Waals surface area contributed by atoms with Gasteiger partial charge in [-0.05, 0) is 44.0 Å². The van der Waals surface area contributed by atoms with Crippen LogP contribution in [0.15, 0.2) is 54.6 Å². The van der Waals surface area contributed by atoms with Gasteiger partial charge in [-0.15, -0.1) is 0 Å². The Morgan fingerprint density at radius 2 is 1.66 bits per heavy atom. The highest BCUT2D eigenvalue weighted by Gasteiger charge is 2.31. The van der Waals surface area contributed by atoms with Crippen molar-refractivity contribution < 1.29 is 13.2 Å². The highest BCUT2D eigenvalue weighted by molar-refractivity contribution is 7.92. The number of carbonyl (C=O) groups is 1. The van der Waals surface area contributed by atoms with Crippen LogP contribution in [0.4, 0.5) is 11.4 Å². The SMILES string of the molecule is CCC(C(=O)NCCCN(C)c1ccccc1)N(c1ccc(C)cc1)S(C)(=O)=O. The van der Waals surface area contributed by atoms with Gasteiger partial charge in [0.25, 0.3) is 0 Å². The number of rotatable bonds is 10. The molecule has 2 aromatic rings. The third-order valence-corrected chi connectivity index (χ3v) is 5.96. The van der Waals surface area contributed by atoms with Crippen LogP contribution in [-0.4, -0.2) is 46.8 Å². The fraction of sp³-hybridized carbons (Fsp3) is 0.409. The highest BCUT2D eigenvalue weighted by atomic mass is 32.2. The fourth-order valence-electron chi connectivity index (χ4n) is 3.21. The van der Waals surface area contributed by atoms with Crippen molar-refractivity contribution in [3.63, 3.8) is 0 Å². The number of benzene rings is 2. The molecule has 0 bridgehead atoms. The third-order valence-electron chi connectivity index (χ3n) is 4.78. The van der Waals surface area contributed by atoms with Gasteiger partial charge >= 0.3 is 0 Å². The Balaban J connectivity index is 1.99. The average Bonchev–Trinajstić information content (AvgIpc) is 2.69. The van der Waals surface area contributed by atoms with E-state index in [1.165, 1.54) is 4.31 Å². The number of aryl methyl sites for hydroxylation is 1. The second-order valence-corrected chi connectivity index (χ2v) is 9.08. The van der Waals surface area contributed by atoms with E-state index in [4.69, 9.17) is 0 Å². The summed E-state index contributed by atoms with van der Waals surface area (Å²) in [4.78, 5) is 14.9. The van der Waals surface area contributed by atoms with Crippen molar-refractivity contribution in [3.05, 3.63) is 60.2 Å². The number of carbonyl (C=O) groups excluding carboxylic acids is 1. The summed E-state index contributed by atoms with van der Waals surface area (Å²) < 4.78 is 26.1. The van der Waals surface area contributed by atoms with E-state index in [-0.39, 0.29) is 5.91 Å². The Morgan fingerprint density at radius 1 is 1.03 bits per heavy atom. The minimum Gasteiger partial charge on any atom is -0.375 e. The zero-order chi connectivity index (χ0) is 21.4. The van der Waals surface area contributed by atoms with E-state index in [1.54, 1.807) is 12.1 Å². The summed E-state index contributed by atoms with van der Waals surface area (Å²) in [6, 6.07) is 16.4. The van der Waals surface area contributed by atoms with Crippen LogP contribution in [0.1, 0.15) is 25.3 Å². The second kappa shape index (κ2) is 10.3. The molecule has 0 saturated heterocycles. The van der Waals surface area contributed by atoms with Crippen molar-refractivity contribution >= 4 is 27.3 Å². The normalized spacial score (nSPS) is 12.3. The number of para-hydroxylation sites is 1. The molecule has 2 aromatic carbocycles. The molecule has 29 heavy (non-hydrogen) atoms. The Bertz CT molecular complexity index is 883. The molecule has 158 valence electrons. The van der Waals surface area contributed by atoms with E-state index < -0.39 is 16.1 Å². The quantitative estimate of drug-likeness (QED) is 0.603. The summed E-state index contributed by atoms with van der Waals surface area (Å²) in [6.45, 7) is 5.03. The molecule has 1 atom stereocenters. The molecule has 1 amide bonds. The summed E-state index contributed by atoms with van der Waals surface area (Å²) in [5.41, 5.74) is 2.65. The molecule has 1 unspecified atom stereocenters. The van der Waals surface area contributed by atoms with Crippen molar-refractivity contribution in [1.29, 1.82) is 0 Å². The van der Waals surface area contributed by atoms with Crippen molar-refractivity contribution in [2.75, 3.05) is 35.6 Å². The van der Waals surface area contributed by atoms with Crippen LogP contribution in [0.3, 0.4) is 0 Å². The van der Waals surface area contributed by atoms with Crippen molar-refractivity contribution in [2.24, 2.45) is 0 Å². The third kappa shape index (κ3) is 6.49. The molecule has 6 nitrogen and oxygen atoms in total. The number of hydrogen-bond acceptors (Lipinski definition) is 4. The molecular weight excluding hydrogens is 386 g/mol. The summed E-state index contributed by atoms with van der Waals surface area (Å²) in [5.74, 6) is -0.277. The average molecular weight is 418 g/mol. The maximum absolute atomic E-state index is 12.8. The van der Waals surface area contributed by atoms with Gasteiger partial charge in [-0.3, -0.25) is 9.10 Å². The number of anilines is 2. The van der Waals surface area contributed by atoms with E-state index in [2.05, 4.69) is 10.2 Å². The summed E-state index contributed by atoms with van der Waals surface area (Å²) in [6.07, 6.45) is 2.28. The number of nitrogens with zero attached hydrogens (tertiary/aromatic N) is 2. The van der Waals surface area contributed by atoms with Crippen molar-refractivity contribution in [1.82, 2.24) is 5.32 Å². The predicted octanol–water partition coefficient (Wildman–Crippen LogP) is 3.18. The Labute approximate surface area is 174 Å². The molecule has 0 spiro atoms. The van der Waals surface area contributed by atoms with Gasteiger partial charge in [-0.25, -0.2) is 8.42 Å². The van der Waals surface area contributed by atoms with Crippen LogP contribution in [0.5, 0.6) is 0 Å². The van der Waals surface area contributed by atoms with Crippen LogP contribution in [0.2, 0.25) is 0 Å². The van der Waals surface area contributed by atoms with Crippen LogP contribution in [-0.2, 0) is 14.8 Å². The topological polar surface area (TPSA) is 69.7 Å². The number of hydrogen-bond donors (Lipinski definition) is 1. The van der Waals surface area contributed by atoms with E-state index in [0.29, 0.717) is 18.7 Å². The molecule has 7 heteroatoms. The van der Waals surface area contributed by atoms with Gasteiger partial charge in [0.1, 0.15) is 6.04 Å². The molecule has 0 aromatic heterocycles. The zero-order valence-corrected chi connectivity index (χ0v) is 18.4. The molecule has 0 aliphatic rings. The molecule has 0 aliphatic heterocycles. The van der Waals surface area contributed by atoms with E-state index in [9.17, 15) is 13.2 Å². The number of sulfonamides is 1. The molecule has 0 radical (unpaired) electrons. The monoisotopic (exact) mass is 417 g/mol. The van der Waals surface area contributed by atoms with Crippen LogP contribution < -0.4 is 14.5 Å². The molecule has 0 saturated carbocycles. The summed E-state index contributed by atoms with van der Waals surface area (Å²) in [7, 11) is -1.59. The van der Waals surface area contributed by atoms with Gasteiger partial charge in [-0.1, -0.05) is 42.8 Å². The maximum atomic E-state index is 12.8. The predicted molar refractivity (Wildman–Crippen MR) is 120 cm³/mol. The second-order valence-electron chi connectivity index (χ2n) is 7.22. The summed E-state index contributed by atoms with van der Waals surface area (Å²) in [5, 5.41) is 2.90. The van der Waals surface area contributed by atoms with Gasteiger partial charge in [0.2, 0.25) is 15.9 Å². The molecular formula is C22H31N3O3S. The fourth-order valence-corrected chi connectivity index (χ4v) is 4.42.